The molecule has 0 atom stereocenters. The highest BCUT2D eigenvalue weighted by atomic mass is 16.5. The first kappa shape index (κ1) is 29.8. The summed E-state index contributed by atoms with van der Waals surface area (Å²) in [6.45, 7) is 0. The molecule has 2 heterocycles. The number of hydrogen-bond donors (Lipinski definition) is 0. The van der Waals surface area contributed by atoms with Crippen molar-refractivity contribution >= 4 is 38.7 Å². The molecule has 0 saturated carbocycles. The van der Waals surface area contributed by atoms with Gasteiger partial charge in [-0.15, -0.1) is 0 Å². The van der Waals surface area contributed by atoms with Gasteiger partial charge in [0.2, 0.25) is 0 Å². The molecule has 0 bridgehead atoms. The van der Waals surface area contributed by atoms with Crippen molar-refractivity contribution in [3.8, 4) is 56.4 Å². The lowest BCUT2D eigenvalue weighted by molar-refractivity contribution is 0.487. The number of nitrogens with zero attached hydrogens (tertiary/aromatic N) is 3. The van der Waals surface area contributed by atoms with Gasteiger partial charge in [-0.1, -0.05) is 133 Å². The van der Waals surface area contributed by atoms with Crippen molar-refractivity contribution in [3.05, 3.63) is 188 Å². The predicted octanol–water partition coefficient (Wildman–Crippen LogP) is 13.0. The molecule has 8 aromatic carbocycles. The topological polar surface area (TPSA) is 38.2 Å². The zero-order valence-corrected chi connectivity index (χ0v) is 28.1. The van der Waals surface area contributed by atoms with E-state index in [2.05, 4.69) is 157 Å². The highest BCUT2D eigenvalue weighted by molar-refractivity contribution is 6.11. The molecule has 1 aliphatic heterocycles. The van der Waals surface area contributed by atoms with Gasteiger partial charge >= 0.3 is 0 Å². The Hall–Kier alpha value is -7.04. The summed E-state index contributed by atoms with van der Waals surface area (Å²) in [5, 5.41) is 3.24. The van der Waals surface area contributed by atoms with E-state index in [1.54, 1.807) is 0 Å². The van der Waals surface area contributed by atoms with E-state index in [1.807, 2.05) is 36.4 Å². The molecule has 4 heteroatoms. The van der Waals surface area contributed by atoms with Crippen molar-refractivity contribution in [2.45, 2.75) is 0 Å². The van der Waals surface area contributed by atoms with Gasteiger partial charge in [0.15, 0.2) is 5.82 Å². The summed E-state index contributed by atoms with van der Waals surface area (Å²) in [6, 6.07) is 65.5. The van der Waals surface area contributed by atoms with Crippen molar-refractivity contribution in [2.75, 3.05) is 4.90 Å². The van der Waals surface area contributed by atoms with E-state index in [-0.39, 0.29) is 0 Å². The minimum Gasteiger partial charge on any atom is -0.456 e. The third-order valence-corrected chi connectivity index (χ3v) is 9.87. The second-order valence-electron chi connectivity index (χ2n) is 13.0. The number of para-hydroxylation sites is 2. The molecule has 9 aromatic rings. The average Bonchev–Trinajstić information content (AvgIpc) is 3.22. The summed E-state index contributed by atoms with van der Waals surface area (Å²) in [6.07, 6.45) is 0. The van der Waals surface area contributed by atoms with Gasteiger partial charge in [0, 0.05) is 44.2 Å². The molecule has 0 spiro atoms. The lowest BCUT2D eigenvalue weighted by Gasteiger charge is -2.29. The Labute approximate surface area is 301 Å². The summed E-state index contributed by atoms with van der Waals surface area (Å²) in [5.74, 6) is 2.29. The summed E-state index contributed by atoms with van der Waals surface area (Å²) in [7, 11) is 0. The summed E-state index contributed by atoms with van der Waals surface area (Å²) >= 11 is 0. The molecule has 0 radical (unpaired) electrons. The monoisotopic (exact) mass is 665 g/mol. The summed E-state index contributed by atoms with van der Waals surface area (Å²) < 4.78 is 6.75. The number of aromatic nitrogens is 2. The van der Waals surface area contributed by atoms with E-state index >= 15 is 0 Å². The standard InChI is InChI=1S/C48H31N3O/c1-4-13-32(14-5-1)33-23-26-37(27-24-33)51(36-17-8-3-9-18-36)43-29-30-44-46-39(20-12-21-41(43)46)38-28-25-35(31-45(38)52-44)48-49-42-22-11-10-19-40(42)47(50-48)34-15-6-2-7-16-34/h1-31H. The number of benzene rings is 8. The van der Waals surface area contributed by atoms with Gasteiger partial charge in [0.1, 0.15) is 11.5 Å². The van der Waals surface area contributed by atoms with E-state index in [9.17, 15) is 0 Å². The second kappa shape index (κ2) is 12.4. The van der Waals surface area contributed by atoms with Crippen LogP contribution >= 0.6 is 0 Å². The van der Waals surface area contributed by atoms with Crippen LogP contribution in [0.1, 0.15) is 0 Å². The number of hydrogen-bond acceptors (Lipinski definition) is 4. The molecule has 1 aliphatic rings. The average molecular weight is 666 g/mol. The van der Waals surface area contributed by atoms with E-state index in [1.165, 1.54) is 11.1 Å². The molecular formula is C48H31N3O. The van der Waals surface area contributed by atoms with Gasteiger partial charge in [-0.3, -0.25) is 0 Å². The first-order valence-electron chi connectivity index (χ1n) is 17.5. The number of ether oxygens (including phenoxy) is 1. The van der Waals surface area contributed by atoms with Crippen LogP contribution in [0.5, 0.6) is 11.5 Å². The van der Waals surface area contributed by atoms with E-state index in [0.717, 1.165) is 78.2 Å². The smallest absolute Gasteiger partial charge is 0.160 e. The Bertz CT molecular complexity index is 2750. The van der Waals surface area contributed by atoms with Crippen molar-refractivity contribution in [1.82, 2.24) is 9.97 Å². The van der Waals surface area contributed by atoms with Gasteiger partial charge in [-0.2, -0.15) is 0 Å². The predicted molar refractivity (Wildman–Crippen MR) is 214 cm³/mol. The Balaban J connectivity index is 1.08. The minimum absolute atomic E-state index is 0.667. The maximum absolute atomic E-state index is 6.75. The zero-order valence-electron chi connectivity index (χ0n) is 28.1. The fourth-order valence-corrected chi connectivity index (χ4v) is 7.41. The highest BCUT2D eigenvalue weighted by Crippen LogP contribution is 2.51. The summed E-state index contributed by atoms with van der Waals surface area (Å²) in [5.41, 5.74) is 11.6. The lowest BCUT2D eigenvalue weighted by atomic mass is 9.92. The van der Waals surface area contributed by atoms with E-state index in [4.69, 9.17) is 14.7 Å². The normalized spacial score (nSPS) is 11.6. The van der Waals surface area contributed by atoms with Crippen LogP contribution in [-0.2, 0) is 0 Å². The molecule has 0 saturated heterocycles. The third kappa shape index (κ3) is 5.09. The van der Waals surface area contributed by atoms with Crippen molar-refractivity contribution in [2.24, 2.45) is 0 Å². The Morgan fingerprint density at radius 1 is 0.404 bits per heavy atom. The quantitative estimate of drug-likeness (QED) is 0.177. The Morgan fingerprint density at radius 2 is 1.04 bits per heavy atom. The molecule has 0 aliphatic carbocycles. The SMILES string of the molecule is c1ccc(-c2ccc(N(c3ccccc3)c3ccc4c5c(cccc35)-c3ccc(-c5nc(-c6ccccc6)c6ccccc6n5)cc3O4)cc2)cc1. The second-order valence-corrected chi connectivity index (χ2v) is 13.0. The molecule has 52 heavy (non-hydrogen) atoms. The largest absolute Gasteiger partial charge is 0.456 e. The van der Waals surface area contributed by atoms with Crippen molar-refractivity contribution in [3.63, 3.8) is 0 Å². The maximum atomic E-state index is 6.75. The molecule has 1 aromatic heterocycles. The van der Waals surface area contributed by atoms with E-state index in [0.29, 0.717) is 5.82 Å². The fraction of sp³-hybridized carbons (Fsp3) is 0. The first-order chi connectivity index (χ1) is 25.8. The molecule has 244 valence electrons. The molecular weight excluding hydrogens is 635 g/mol. The van der Waals surface area contributed by atoms with Crippen LogP contribution in [-0.4, -0.2) is 9.97 Å². The number of anilines is 3. The Morgan fingerprint density at radius 3 is 1.83 bits per heavy atom. The van der Waals surface area contributed by atoms with Crippen LogP contribution < -0.4 is 9.64 Å². The van der Waals surface area contributed by atoms with Gasteiger partial charge in [-0.05, 0) is 71.3 Å². The van der Waals surface area contributed by atoms with Crippen molar-refractivity contribution < 1.29 is 4.74 Å². The third-order valence-electron chi connectivity index (χ3n) is 9.87. The minimum atomic E-state index is 0.667. The van der Waals surface area contributed by atoms with Crippen LogP contribution in [0.2, 0.25) is 0 Å². The zero-order chi connectivity index (χ0) is 34.4. The molecule has 4 nitrogen and oxygen atoms in total. The summed E-state index contributed by atoms with van der Waals surface area (Å²) in [4.78, 5) is 12.4. The van der Waals surface area contributed by atoms with Gasteiger partial charge in [-0.25, -0.2) is 9.97 Å². The van der Waals surface area contributed by atoms with Crippen LogP contribution in [0.15, 0.2) is 188 Å². The van der Waals surface area contributed by atoms with Crippen molar-refractivity contribution in [1.29, 1.82) is 0 Å². The first-order valence-corrected chi connectivity index (χ1v) is 17.5. The van der Waals surface area contributed by atoms with Gasteiger partial charge < -0.3 is 9.64 Å². The number of fused-ring (bicyclic) bond motifs is 3. The van der Waals surface area contributed by atoms with Crippen LogP contribution in [0.25, 0.3) is 66.6 Å². The maximum Gasteiger partial charge on any atom is 0.160 e. The Kier molecular flexibility index (Phi) is 7.10. The molecule has 0 N–H and O–H groups in total. The molecule has 0 amide bonds. The van der Waals surface area contributed by atoms with Crippen LogP contribution in [0.3, 0.4) is 0 Å². The van der Waals surface area contributed by atoms with Gasteiger partial charge in [0.05, 0.1) is 16.9 Å². The highest BCUT2D eigenvalue weighted by Gasteiger charge is 2.25. The van der Waals surface area contributed by atoms with Crippen LogP contribution in [0.4, 0.5) is 17.1 Å². The van der Waals surface area contributed by atoms with E-state index < -0.39 is 0 Å². The lowest BCUT2D eigenvalue weighted by Crippen LogP contribution is -2.11. The fourth-order valence-electron chi connectivity index (χ4n) is 7.41. The molecule has 10 rings (SSSR count). The number of rotatable bonds is 6. The molecule has 0 fully saturated rings. The molecule has 0 unspecified atom stereocenters. The van der Waals surface area contributed by atoms with Crippen LogP contribution in [0, 0.1) is 0 Å². The van der Waals surface area contributed by atoms with Gasteiger partial charge in [0.25, 0.3) is 0 Å².